The first-order valence-corrected chi connectivity index (χ1v) is 7.57. The Morgan fingerprint density at radius 3 is 2.67 bits per heavy atom. The standard InChI is InChI=1S/C12H14N2O2S2/c1-7-8-10(17-9(7)11(15)16-2)13-12(18-8)14-5-3-4-6-14/h3-6H2,1-2H3. The van der Waals surface area contributed by atoms with Gasteiger partial charge in [0.2, 0.25) is 0 Å². The number of methoxy groups -OCH3 is 1. The minimum Gasteiger partial charge on any atom is -0.465 e. The number of nitrogens with zero attached hydrogens (tertiary/aromatic N) is 2. The number of rotatable bonds is 2. The number of hydrogen-bond acceptors (Lipinski definition) is 6. The molecule has 6 heteroatoms. The van der Waals surface area contributed by atoms with Crippen LogP contribution >= 0.6 is 22.7 Å². The van der Waals surface area contributed by atoms with Gasteiger partial charge in [0.05, 0.1) is 11.8 Å². The molecular weight excluding hydrogens is 268 g/mol. The van der Waals surface area contributed by atoms with Crippen LogP contribution in [0.3, 0.4) is 0 Å². The highest BCUT2D eigenvalue weighted by Gasteiger charge is 2.22. The van der Waals surface area contributed by atoms with Gasteiger partial charge in [-0.3, -0.25) is 0 Å². The van der Waals surface area contributed by atoms with E-state index in [2.05, 4.69) is 9.88 Å². The Balaban J connectivity index is 2.01. The summed E-state index contributed by atoms with van der Waals surface area (Å²) >= 11 is 3.12. The first-order chi connectivity index (χ1) is 8.70. The molecule has 0 aromatic carbocycles. The predicted octanol–water partition coefficient (Wildman–Crippen LogP) is 3.05. The normalized spacial score (nSPS) is 15.6. The SMILES string of the molecule is COC(=O)c1sc2nc(N3CCCC3)sc2c1C. The van der Waals surface area contributed by atoms with E-state index >= 15 is 0 Å². The summed E-state index contributed by atoms with van der Waals surface area (Å²) in [6.45, 7) is 4.17. The number of aryl methyl sites for hydroxylation is 1. The van der Waals surface area contributed by atoms with E-state index < -0.39 is 0 Å². The lowest BCUT2D eigenvalue weighted by Gasteiger charge is -2.12. The maximum Gasteiger partial charge on any atom is 0.348 e. The second-order valence-corrected chi connectivity index (χ2v) is 6.35. The van der Waals surface area contributed by atoms with Gasteiger partial charge in [0.1, 0.15) is 9.71 Å². The zero-order chi connectivity index (χ0) is 12.7. The number of fused-ring (bicyclic) bond motifs is 1. The van der Waals surface area contributed by atoms with Crippen molar-refractivity contribution in [2.24, 2.45) is 0 Å². The Bertz CT molecular complexity index is 597. The molecule has 18 heavy (non-hydrogen) atoms. The van der Waals surface area contributed by atoms with Crippen molar-refractivity contribution in [3.63, 3.8) is 0 Å². The van der Waals surface area contributed by atoms with Crippen molar-refractivity contribution in [1.29, 1.82) is 0 Å². The van der Waals surface area contributed by atoms with E-state index in [0.717, 1.165) is 33.3 Å². The zero-order valence-corrected chi connectivity index (χ0v) is 12.0. The molecule has 1 fully saturated rings. The third-order valence-electron chi connectivity index (χ3n) is 3.21. The Morgan fingerprint density at radius 1 is 1.33 bits per heavy atom. The van der Waals surface area contributed by atoms with Gasteiger partial charge < -0.3 is 9.64 Å². The number of esters is 1. The number of carbonyl (C=O) groups is 1. The molecule has 0 N–H and O–H groups in total. The van der Waals surface area contributed by atoms with Gasteiger partial charge in [-0.15, -0.1) is 11.3 Å². The summed E-state index contributed by atoms with van der Waals surface area (Å²) in [7, 11) is 1.42. The van der Waals surface area contributed by atoms with Crippen LogP contribution in [0.15, 0.2) is 0 Å². The van der Waals surface area contributed by atoms with Gasteiger partial charge >= 0.3 is 5.97 Å². The van der Waals surface area contributed by atoms with Crippen molar-refractivity contribution < 1.29 is 9.53 Å². The molecule has 2 aromatic rings. The van der Waals surface area contributed by atoms with E-state index in [9.17, 15) is 4.79 Å². The topological polar surface area (TPSA) is 42.4 Å². The van der Waals surface area contributed by atoms with E-state index in [1.54, 1.807) is 11.3 Å². The summed E-state index contributed by atoms with van der Waals surface area (Å²) in [5.74, 6) is -0.259. The Kier molecular flexibility index (Phi) is 2.99. The highest BCUT2D eigenvalue weighted by Crippen LogP contribution is 2.39. The largest absolute Gasteiger partial charge is 0.465 e. The molecule has 0 atom stereocenters. The highest BCUT2D eigenvalue weighted by atomic mass is 32.1. The maximum absolute atomic E-state index is 11.6. The molecule has 1 saturated heterocycles. The van der Waals surface area contributed by atoms with Gasteiger partial charge in [-0.2, -0.15) is 0 Å². The molecule has 0 unspecified atom stereocenters. The predicted molar refractivity (Wildman–Crippen MR) is 75.0 cm³/mol. The van der Waals surface area contributed by atoms with Crippen LogP contribution in [0.4, 0.5) is 5.13 Å². The van der Waals surface area contributed by atoms with Gasteiger partial charge in [0.15, 0.2) is 5.13 Å². The molecule has 1 aliphatic heterocycles. The molecule has 0 spiro atoms. The Hall–Kier alpha value is -1.14. The van der Waals surface area contributed by atoms with E-state index in [0.29, 0.717) is 4.88 Å². The second-order valence-electron chi connectivity index (χ2n) is 4.37. The summed E-state index contributed by atoms with van der Waals surface area (Å²) in [4.78, 5) is 20.2. The number of anilines is 1. The fourth-order valence-corrected chi connectivity index (χ4v) is 4.59. The molecule has 96 valence electrons. The summed E-state index contributed by atoms with van der Waals surface area (Å²) in [6.07, 6.45) is 2.50. The maximum atomic E-state index is 11.6. The molecule has 0 saturated carbocycles. The van der Waals surface area contributed by atoms with Crippen molar-refractivity contribution >= 4 is 43.3 Å². The zero-order valence-electron chi connectivity index (χ0n) is 10.4. The highest BCUT2D eigenvalue weighted by molar-refractivity contribution is 7.30. The fourth-order valence-electron chi connectivity index (χ4n) is 2.21. The fraction of sp³-hybridized carbons (Fsp3) is 0.500. The molecular formula is C12H14N2O2S2. The third-order valence-corrected chi connectivity index (χ3v) is 5.74. The van der Waals surface area contributed by atoms with Gasteiger partial charge in [-0.05, 0) is 25.3 Å². The van der Waals surface area contributed by atoms with Crippen molar-refractivity contribution in [3.8, 4) is 0 Å². The van der Waals surface area contributed by atoms with Crippen molar-refractivity contribution in [3.05, 3.63) is 10.4 Å². The van der Waals surface area contributed by atoms with Crippen LogP contribution in [0.2, 0.25) is 0 Å². The van der Waals surface area contributed by atoms with E-state index in [-0.39, 0.29) is 5.97 Å². The first kappa shape index (κ1) is 11.9. The van der Waals surface area contributed by atoms with E-state index in [4.69, 9.17) is 4.74 Å². The molecule has 2 aromatic heterocycles. The lowest BCUT2D eigenvalue weighted by atomic mass is 10.3. The molecule has 0 amide bonds. The number of ether oxygens (including phenoxy) is 1. The average Bonchev–Trinajstić information content (AvgIpc) is 3.05. The quantitative estimate of drug-likeness (QED) is 0.794. The summed E-state index contributed by atoms with van der Waals surface area (Å²) in [6, 6.07) is 0. The minimum atomic E-state index is -0.259. The molecule has 4 nitrogen and oxygen atoms in total. The van der Waals surface area contributed by atoms with E-state index in [1.807, 2.05) is 6.92 Å². The van der Waals surface area contributed by atoms with Gasteiger partial charge in [-0.25, -0.2) is 9.78 Å². The molecule has 0 radical (unpaired) electrons. The number of aromatic nitrogens is 1. The molecule has 3 rings (SSSR count). The van der Waals surface area contributed by atoms with Crippen LogP contribution in [0.5, 0.6) is 0 Å². The van der Waals surface area contributed by atoms with Crippen LogP contribution in [0.1, 0.15) is 28.1 Å². The average molecular weight is 282 g/mol. The smallest absolute Gasteiger partial charge is 0.348 e. The van der Waals surface area contributed by atoms with Crippen LogP contribution < -0.4 is 4.90 Å². The molecule has 0 bridgehead atoms. The first-order valence-electron chi connectivity index (χ1n) is 5.94. The molecule has 0 aliphatic carbocycles. The van der Waals surface area contributed by atoms with Crippen LogP contribution in [-0.2, 0) is 4.74 Å². The van der Waals surface area contributed by atoms with Crippen LogP contribution in [0, 0.1) is 6.92 Å². The van der Waals surface area contributed by atoms with Gasteiger partial charge in [0, 0.05) is 13.1 Å². The summed E-state index contributed by atoms with van der Waals surface area (Å²) in [5, 5.41) is 1.09. The van der Waals surface area contributed by atoms with Crippen molar-refractivity contribution in [2.75, 3.05) is 25.1 Å². The van der Waals surface area contributed by atoms with Crippen molar-refractivity contribution in [1.82, 2.24) is 4.98 Å². The van der Waals surface area contributed by atoms with Crippen LogP contribution in [-0.4, -0.2) is 31.2 Å². The lowest BCUT2D eigenvalue weighted by Crippen LogP contribution is -2.16. The summed E-state index contributed by atoms with van der Waals surface area (Å²) < 4.78 is 5.91. The van der Waals surface area contributed by atoms with Crippen LogP contribution in [0.25, 0.3) is 9.53 Å². The molecule has 3 heterocycles. The van der Waals surface area contributed by atoms with Gasteiger partial charge in [-0.1, -0.05) is 11.3 Å². The monoisotopic (exact) mass is 282 g/mol. The number of hydrogen-bond donors (Lipinski definition) is 0. The van der Waals surface area contributed by atoms with Gasteiger partial charge in [0.25, 0.3) is 0 Å². The molecule has 1 aliphatic rings. The number of thiophene rings is 1. The Labute approximate surface area is 113 Å². The number of thiazole rings is 1. The van der Waals surface area contributed by atoms with E-state index in [1.165, 1.54) is 31.3 Å². The second kappa shape index (κ2) is 4.51. The van der Waals surface area contributed by atoms with Crippen molar-refractivity contribution in [2.45, 2.75) is 19.8 Å². The Morgan fingerprint density at radius 2 is 2.06 bits per heavy atom. The minimum absolute atomic E-state index is 0.259. The number of carbonyl (C=O) groups excluding carboxylic acids is 1. The third kappa shape index (κ3) is 1.80. The summed E-state index contributed by atoms with van der Waals surface area (Å²) in [5.41, 5.74) is 1.00. The lowest BCUT2D eigenvalue weighted by molar-refractivity contribution is 0.0605.